The minimum atomic E-state index is -0.463. The number of rotatable bonds is 7. The van der Waals surface area contributed by atoms with Crippen molar-refractivity contribution in [3.63, 3.8) is 0 Å². The van der Waals surface area contributed by atoms with Crippen molar-refractivity contribution in [1.29, 1.82) is 0 Å². The van der Waals surface area contributed by atoms with E-state index in [-0.39, 0.29) is 0 Å². The van der Waals surface area contributed by atoms with E-state index in [9.17, 15) is 5.11 Å². The van der Waals surface area contributed by atoms with Crippen molar-refractivity contribution in [2.24, 2.45) is 0 Å². The number of para-hydroxylation sites is 1. The van der Waals surface area contributed by atoms with E-state index in [0.717, 1.165) is 37.0 Å². The number of aryl methyl sites for hydroxylation is 1. The lowest BCUT2D eigenvalue weighted by Gasteiger charge is -2.35. The quantitative estimate of drug-likeness (QED) is 0.746. The van der Waals surface area contributed by atoms with Crippen molar-refractivity contribution in [3.05, 3.63) is 58.6 Å². The van der Waals surface area contributed by atoms with Gasteiger partial charge in [-0.05, 0) is 42.2 Å². The molecule has 4 nitrogen and oxygen atoms in total. The van der Waals surface area contributed by atoms with Crippen molar-refractivity contribution in [2.75, 3.05) is 44.2 Å². The molecule has 152 valence electrons. The van der Waals surface area contributed by atoms with Gasteiger partial charge in [0.25, 0.3) is 0 Å². The summed E-state index contributed by atoms with van der Waals surface area (Å²) in [4.78, 5) is 3.82. The highest BCUT2D eigenvalue weighted by atomic mass is 35.5. The molecule has 0 bridgehead atoms. The Morgan fingerprint density at radius 1 is 1.14 bits per heavy atom. The Morgan fingerprint density at radius 3 is 2.57 bits per heavy atom. The van der Waals surface area contributed by atoms with Crippen LogP contribution in [0.4, 0.5) is 5.69 Å². The summed E-state index contributed by atoms with van der Waals surface area (Å²) in [5.41, 5.74) is 3.67. The molecule has 1 saturated heterocycles. The molecule has 0 radical (unpaired) electrons. The van der Waals surface area contributed by atoms with Gasteiger partial charge in [-0.25, -0.2) is 0 Å². The second-order valence-corrected chi connectivity index (χ2v) is 8.47. The Hall–Kier alpha value is -1.75. The molecule has 1 aliphatic heterocycles. The lowest BCUT2D eigenvalue weighted by atomic mass is 10.0. The first-order chi connectivity index (χ1) is 13.4. The lowest BCUT2D eigenvalue weighted by Crippen LogP contribution is -3.16. The highest BCUT2D eigenvalue weighted by Gasteiger charge is 2.24. The van der Waals surface area contributed by atoms with E-state index in [1.807, 2.05) is 24.3 Å². The van der Waals surface area contributed by atoms with Crippen LogP contribution in [-0.2, 0) is 0 Å². The zero-order valence-electron chi connectivity index (χ0n) is 17.1. The van der Waals surface area contributed by atoms with Crippen LogP contribution in [0.1, 0.15) is 30.9 Å². The second-order valence-electron chi connectivity index (χ2n) is 8.03. The summed E-state index contributed by atoms with van der Waals surface area (Å²) in [7, 11) is 0. The first kappa shape index (κ1) is 21.0. The largest absolute Gasteiger partial charge is 0.490 e. The molecule has 28 heavy (non-hydrogen) atoms. The first-order valence-corrected chi connectivity index (χ1v) is 10.6. The van der Waals surface area contributed by atoms with Crippen LogP contribution < -0.4 is 14.5 Å². The minimum absolute atomic E-state index is 0.338. The average Bonchev–Trinajstić information content (AvgIpc) is 2.69. The van der Waals surface area contributed by atoms with Crippen molar-refractivity contribution in [2.45, 2.75) is 32.8 Å². The number of hydrogen-bond donors (Lipinski definition) is 2. The Kier molecular flexibility index (Phi) is 7.22. The van der Waals surface area contributed by atoms with Crippen LogP contribution in [0.5, 0.6) is 5.75 Å². The van der Waals surface area contributed by atoms with Crippen molar-refractivity contribution in [1.82, 2.24) is 0 Å². The maximum Gasteiger partial charge on any atom is 0.137 e. The summed E-state index contributed by atoms with van der Waals surface area (Å²) in [5, 5.41) is 11.3. The molecule has 1 atom stereocenters. The number of hydrogen-bond acceptors (Lipinski definition) is 3. The SMILES string of the molecule is Cc1ccc(Cl)cc1N1CC[NH+](C[C@@H](O)COc2ccccc2C(C)C)CC1. The molecular formula is C23H32ClN2O2+. The Bertz CT molecular complexity index is 773. The van der Waals surface area contributed by atoms with Crippen molar-refractivity contribution in [3.8, 4) is 5.75 Å². The van der Waals surface area contributed by atoms with Crippen molar-refractivity contribution >= 4 is 17.3 Å². The zero-order valence-corrected chi connectivity index (χ0v) is 17.9. The maximum absolute atomic E-state index is 10.5. The van der Waals surface area contributed by atoms with Crippen LogP contribution in [0, 0.1) is 6.92 Å². The summed E-state index contributed by atoms with van der Waals surface area (Å²) in [6.45, 7) is 11.4. The number of quaternary nitrogens is 1. The van der Waals surface area contributed by atoms with Gasteiger partial charge in [0.2, 0.25) is 0 Å². The number of piperazine rings is 1. The molecule has 1 fully saturated rings. The number of anilines is 1. The molecule has 0 aliphatic carbocycles. The highest BCUT2D eigenvalue weighted by molar-refractivity contribution is 6.30. The number of aliphatic hydroxyl groups is 1. The molecular weight excluding hydrogens is 372 g/mol. The molecule has 1 heterocycles. The Morgan fingerprint density at radius 2 is 1.86 bits per heavy atom. The molecule has 5 heteroatoms. The van der Waals surface area contributed by atoms with Crippen LogP contribution in [0.15, 0.2) is 42.5 Å². The standard InChI is InChI=1S/C23H31ClN2O2/c1-17(2)21-6-4-5-7-23(21)28-16-20(27)15-25-10-12-26(13-11-25)22-14-19(24)9-8-18(22)3/h4-9,14,17,20,27H,10-13,15-16H2,1-3H3/p+1/t20-/m1/s1. The molecule has 0 saturated carbocycles. The van der Waals surface area contributed by atoms with Crippen LogP contribution in [0.3, 0.4) is 0 Å². The van der Waals surface area contributed by atoms with Crippen LogP contribution in [0.2, 0.25) is 5.02 Å². The van der Waals surface area contributed by atoms with Gasteiger partial charge in [0.15, 0.2) is 0 Å². The van der Waals surface area contributed by atoms with Gasteiger partial charge in [-0.2, -0.15) is 0 Å². The number of halogens is 1. The van der Waals surface area contributed by atoms with Gasteiger partial charge < -0.3 is 19.6 Å². The number of nitrogens with one attached hydrogen (secondary N) is 1. The minimum Gasteiger partial charge on any atom is -0.490 e. The smallest absolute Gasteiger partial charge is 0.137 e. The van der Waals surface area contributed by atoms with Crippen LogP contribution in [0.25, 0.3) is 0 Å². The molecule has 1 aliphatic rings. The molecule has 2 aromatic carbocycles. The molecule has 0 unspecified atom stereocenters. The number of ether oxygens (including phenoxy) is 1. The fourth-order valence-corrected chi connectivity index (χ4v) is 4.02. The fourth-order valence-electron chi connectivity index (χ4n) is 3.86. The highest BCUT2D eigenvalue weighted by Crippen LogP contribution is 2.26. The first-order valence-electron chi connectivity index (χ1n) is 10.2. The maximum atomic E-state index is 10.5. The molecule has 0 aromatic heterocycles. The molecule has 2 N–H and O–H groups in total. The average molecular weight is 404 g/mol. The third-order valence-corrected chi connectivity index (χ3v) is 5.71. The summed E-state index contributed by atoms with van der Waals surface area (Å²) in [6.07, 6.45) is -0.463. The van der Waals surface area contributed by atoms with Crippen molar-refractivity contribution < 1.29 is 14.7 Å². The van der Waals surface area contributed by atoms with E-state index < -0.39 is 6.10 Å². The van der Waals surface area contributed by atoms with Gasteiger partial charge in [0, 0.05) is 10.7 Å². The number of nitrogens with zero attached hydrogens (tertiary/aromatic N) is 1. The Labute approximate surface area is 173 Å². The Balaban J connectivity index is 1.48. The third-order valence-electron chi connectivity index (χ3n) is 5.48. The fraction of sp³-hybridized carbons (Fsp3) is 0.478. The van der Waals surface area contributed by atoms with Gasteiger partial charge in [-0.3, -0.25) is 0 Å². The van der Waals surface area contributed by atoms with Crippen LogP contribution in [-0.4, -0.2) is 50.5 Å². The van der Waals surface area contributed by atoms with Gasteiger partial charge in [-0.15, -0.1) is 0 Å². The summed E-state index contributed by atoms with van der Waals surface area (Å²) >= 11 is 6.17. The lowest BCUT2D eigenvalue weighted by molar-refractivity contribution is -0.903. The number of aliphatic hydroxyl groups excluding tert-OH is 1. The molecule has 2 aromatic rings. The summed E-state index contributed by atoms with van der Waals surface area (Å²) < 4.78 is 5.93. The third kappa shape index (κ3) is 5.40. The molecule has 0 spiro atoms. The van der Waals surface area contributed by atoms with E-state index in [4.69, 9.17) is 16.3 Å². The normalized spacial score (nSPS) is 16.4. The second kappa shape index (κ2) is 9.64. The predicted molar refractivity (Wildman–Crippen MR) is 116 cm³/mol. The molecule has 3 rings (SSSR count). The van der Waals surface area contributed by atoms with Gasteiger partial charge in [-0.1, -0.05) is 49.7 Å². The summed E-state index contributed by atoms with van der Waals surface area (Å²) in [6, 6.07) is 14.2. The van der Waals surface area contributed by atoms with E-state index in [0.29, 0.717) is 19.1 Å². The van der Waals surface area contributed by atoms with Gasteiger partial charge in [0.1, 0.15) is 25.0 Å². The van der Waals surface area contributed by atoms with E-state index in [1.165, 1.54) is 21.7 Å². The monoisotopic (exact) mass is 403 g/mol. The zero-order chi connectivity index (χ0) is 20.1. The van der Waals surface area contributed by atoms with Crippen LogP contribution >= 0.6 is 11.6 Å². The van der Waals surface area contributed by atoms with E-state index >= 15 is 0 Å². The van der Waals surface area contributed by atoms with Gasteiger partial charge >= 0.3 is 0 Å². The van der Waals surface area contributed by atoms with E-state index in [2.05, 4.69) is 43.9 Å². The van der Waals surface area contributed by atoms with Gasteiger partial charge in [0.05, 0.1) is 26.2 Å². The predicted octanol–water partition coefficient (Wildman–Crippen LogP) is 2.92. The van der Waals surface area contributed by atoms with E-state index in [1.54, 1.807) is 0 Å². The molecule has 0 amide bonds. The topological polar surface area (TPSA) is 37.1 Å². The summed E-state index contributed by atoms with van der Waals surface area (Å²) in [5.74, 6) is 1.29. The number of benzene rings is 2.